The second-order valence-electron chi connectivity index (χ2n) is 7.09. The first-order chi connectivity index (χ1) is 13.5. The number of sulfonamides is 1. The van der Waals surface area contributed by atoms with E-state index in [0.29, 0.717) is 5.69 Å². The van der Waals surface area contributed by atoms with Gasteiger partial charge in [-0.2, -0.15) is 0 Å². The number of nitrogens with one attached hydrogen (secondary N) is 1. The van der Waals surface area contributed by atoms with Crippen LogP contribution in [0.2, 0.25) is 0 Å². The molecule has 1 aliphatic rings. The first-order valence-corrected chi connectivity index (χ1v) is 10.7. The molecule has 0 bridgehead atoms. The van der Waals surface area contributed by atoms with E-state index >= 15 is 0 Å². The molecule has 0 saturated heterocycles. The summed E-state index contributed by atoms with van der Waals surface area (Å²) in [6.07, 6.45) is 2.02. The zero-order valence-corrected chi connectivity index (χ0v) is 16.2. The van der Waals surface area contributed by atoms with Gasteiger partial charge in [0.15, 0.2) is 0 Å². The van der Waals surface area contributed by atoms with Crippen LogP contribution >= 0.6 is 0 Å². The molecule has 1 aliphatic carbocycles. The molecule has 4 aromatic rings. The van der Waals surface area contributed by atoms with Gasteiger partial charge >= 0.3 is 0 Å². The molecule has 5 heteroatoms. The van der Waals surface area contributed by atoms with Crippen LogP contribution in [0.25, 0.3) is 21.5 Å². The first-order valence-electron chi connectivity index (χ1n) is 9.19. The van der Waals surface area contributed by atoms with E-state index in [-0.39, 0.29) is 4.90 Å². The molecule has 0 aliphatic heterocycles. The molecule has 28 heavy (non-hydrogen) atoms. The maximum atomic E-state index is 13.1. The molecule has 1 N–H and O–H groups in total. The fourth-order valence-corrected chi connectivity index (χ4v) is 5.15. The van der Waals surface area contributed by atoms with Crippen LogP contribution in [-0.2, 0) is 22.9 Å². The lowest BCUT2D eigenvalue weighted by Gasteiger charge is -2.13. The zero-order chi connectivity index (χ0) is 19.3. The Kier molecular flexibility index (Phi) is 3.81. The fraction of sp³-hybridized carbons (Fsp3) is 0.130. The molecule has 0 radical (unpaired) electrons. The number of fused-ring (bicyclic) bond motifs is 1. The fourth-order valence-electron chi connectivity index (χ4n) is 4.04. The van der Waals surface area contributed by atoms with Gasteiger partial charge in [0.1, 0.15) is 5.75 Å². The van der Waals surface area contributed by atoms with Gasteiger partial charge < -0.3 is 4.74 Å². The lowest BCUT2D eigenvalue weighted by molar-refractivity contribution is 0.415. The largest absolute Gasteiger partial charge is 0.497 e. The van der Waals surface area contributed by atoms with Crippen LogP contribution in [0.5, 0.6) is 5.75 Å². The summed E-state index contributed by atoms with van der Waals surface area (Å²) < 4.78 is 34.2. The van der Waals surface area contributed by atoms with Crippen molar-refractivity contribution in [1.82, 2.24) is 0 Å². The number of anilines is 1. The molecule has 140 valence electrons. The van der Waals surface area contributed by atoms with Crippen molar-refractivity contribution in [2.45, 2.75) is 17.7 Å². The van der Waals surface area contributed by atoms with E-state index in [1.165, 1.54) is 16.5 Å². The molecule has 0 heterocycles. The monoisotopic (exact) mass is 389 g/mol. The third-order valence-electron chi connectivity index (χ3n) is 5.45. The molecule has 0 spiro atoms. The zero-order valence-electron chi connectivity index (χ0n) is 15.4. The Morgan fingerprint density at radius 1 is 0.857 bits per heavy atom. The van der Waals surface area contributed by atoms with Gasteiger partial charge in [0, 0.05) is 5.39 Å². The van der Waals surface area contributed by atoms with Gasteiger partial charge in [-0.1, -0.05) is 36.4 Å². The van der Waals surface area contributed by atoms with Gasteiger partial charge in [0.25, 0.3) is 10.0 Å². The molecular weight excluding hydrogens is 370 g/mol. The lowest BCUT2D eigenvalue weighted by Crippen LogP contribution is -2.13. The van der Waals surface area contributed by atoms with Crippen molar-refractivity contribution in [2.75, 3.05) is 11.8 Å². The summed E-state index contributed by atoms with van der Waals surface area (Å²) in [5, 5.41) is 3.93. The first kappa shape index (κ1) is 17.1. The highest BCUT2D eigenvalue weighted by molar-refractivity contribution is 7.92. The summed E-state index contributed by atoms with van der Waals surface area (Å²) in [6, 6.07) is 20.7. The molecular formula is C23H19NO3S. The standard InChI is InChI=1S/C23H19NO3S/c1-27-19-10-7-18-14-20(11-8-17(18)13-19)28(25,26)24-22-12-9-16-6-5-15-3-2-4-21(22)23(15)16/h2-4,7-14,24H,5-6H2,1H3. The Balaban J connectivity index is 1.57. The Morgan fingerprint density at radius 3 is 2.43 bits per heavy atom. The quantitative estimate of drug-likeness (QED) is 0.540. The van der Waals surface area contributed by atoms with E-state index < -0.39 is 10.0 Å². The molecule has 5 rings (SSSR count). The minimum absolute atomic E-state index is 0.244. The highest BCUT2D eigenvalue weighted by Gasteiger charge is 2.20. The number of rotatable bonds is 4. The Hall–Kier alpha value is -3.05. The van der Waals surface area contributed by atoms with Crippen LogP contribution in [0.1, 0.15) is 11.1 Å². The van der Waals surface area contributed by atoms with Gasteiger partial charge in [-0.3, -0.25) is 4.72 Å². The number of hydrogen-bond donors (Lipinski definition) is 1. The summed E-state index contributed by atoms with van der Waals surface area (Å²) in [6.45, 7) is 0. The topological polar surface area (TPSA) is 55.4 Å². The van der Waals surface area contributed by atoms with Crippen molar-refractivity contribution >= 4 is 37.3 Å². The summed E-state index contributed by atoms with van der Waals surface area (Å²) in [4.78, 5) is 0.244. The third-order valence-corrected chi connectivity index (χ3v) is 6.81. The van der Waals surface area contributed by atoms with E-state index in [0.717, 1.165) is 34.7 Å². The number of hydrogen-bond acceptors (Lipinski definition) is 3. The highest BCUT2D eigenvalue weighted by Crippen LogP contribution is 2.36. The Morgan fingerprint density at radius 2 is 1.61 bits per heavy atom. The maximum absolute atomic E-state index is 13.1. The van der Waals surface area contributed by atoms with Crippen molar-refractivity contribution in [2.24, 2.45) is 0 Å². The van der Waals surface area contributed by atoms with Gasteiger partial charge in [-0.25, -0.2) is 8.42 Å². The molecule has 0 saturated carbocycles. The van der Waals surface area contributed by atoms with Crippen LogP contribution in [0.4, 0.5) is 5.69 Å². The van der Waals surface area contributed by atoms with Crippen molar-refractivity contribution in [3.63, 3.8) is 0 Å². The van der Waals surface area contributed by atoms with Crippen molar-refractivity contribution in [3.05, 3.63) is 77.9 Å². The highest BCUT2D eigenvalue weighted by atomic mass is 32.2. The average Bonchev–Trinajstić information content (AvgIpc) is 3.14. The molecule has 0 atom stereocenters. The average molecular weight is 389 g/mol. The molecule has 4 nitrogen and oxygen atoms in total. The molecule has 4 aromatic carbocycles. The second kappa shape index (κ2) is 6.24. The van der Waals surface area contributed by atoms with Gasteiger partial charge in [0.05, 0.1) is 17.7 Å². The van der Waals surface area contributed by atoms with Crippen molar-refractivity contribution in [1.29, 1.82) is 0 Å². The summed E-state index contributed by atoms with van der Waals surface area (Å²) >= 11 is 0. The SMILES string of the molecule is COc1ccc2cc(S(=O)(=O)Nc3ccc4c5c(cccc35)CC4)ccc2c1. The number of methoxy groups -OCH3 is 1. The number of aryl methyl sites for hydroxylation is 2. The second-order valence-corrected chi connectivity index (χ2v) is 8.77. The van der Waals surface area contributed by atoms with Crippen molar-refractivity contribution in [3.8, 4) is 5.75 Å². The molecule has 0 fully saturated rings. The minimum Gasteiger partial charge on any atom is -0.497 e. The Bertz CT molecular complexity index is 1330. The van der Waals surface area contributed by atoms with Crippen LogP contribution in [0.15, 0.2) is 71.6 Å². The smallest absolute Gasteiger partial charge is 0.261 e. The summed E-state index contributed by atoms with van der Waals surface area (Å²) in [5.74, 6) is 0.745. The normalized spacial score (nSPS) is 13.2. The van der Waals surface area contributed by atoms with E-state index in [4.69, 9.17) is 4.74 Å². The number of benzene rings is 4. The molecule has 0 amide bonds. The van der Waals surface area contributed by atoms with Crippen LogP contribution in [-0.4, -0.2) is 15.5 Å². The minimum atomic E-state index is -3.70. The predicted molar refractivity (Wildman–Crippen MR) is 113 cm³/mol. The Labute approximate surface area is 163 Å². The summed E-state index contributed by atoms with van der Waals surface area (Å²) in [5.41, 5.74) is 3.19. The maximum Gasteiger partial charge on any atom is 0.261 e. The van der Waals surface area contributed by atoms with Gasteiger partial charge in [0.2, 0.25) is 0 Å². The summed E-state index contributed by atoms with van der Waals surface area (Å²) in [7, 11) is -2.09. The molecule has 0 unspecified atom stereocenters. The van der Waals surface area contributed by atoms with Gasteiger partial charge in [-0.15, -0.1) is 0 Å². The van der Waals surface area contributed by atoms with Gasteiger partial charge in [-0.05, 0) is 70.5 Å². The predicted octanol–water partition coefficient (Wildman–Crippen LogP) is 4.90. The van der Waals surface area contributed by atoms with E-state index in [2.05, 4.69) is 10.8 Å². The van der Waals surface area contributed by atoms with E-state index in [9.17, 15) is 8.42 Å². The number of ether oxygens (including phenoxy) is 1. The molecule has 0 aromatic heterocycles. The van der Waals surface area contributed by atoms with Crippen LogP contribution < -0.4 is 9.46 Å². The third kappa shape index (κ3) is 2.70. The van der Waals surface area contributed by atoms with E-state index in [1.807, 2.05) is 42.5 Å². The van der Waals surface area contributed by atoms with E-state index in [1.54, 1.807) is 25.3 Å². The van der Waals surface area contributed by atoms with Crippen LogP contribution in [0.3, 0.4) is 0 Å². The lowest BCUT2D eigenvalue weighted by atomic mass is 10.0. The van der Waals surface area contributed by atoms with Crippen LogP contribution in [0, 0.1) is 0 Å². The van der Waals surface area contributed by atoms with Crippen molar-refractivity contribution < 1.29 is 13.2 Å².